The lowest BCUT2D eigenvalue weighted by Gasteiger charge is -2.62. The van der Waals surface area contributed by atoms with Crippen LogP contribution in [-0.2, 0) is 76.3 Å². The van der Waals surface area contributed by atoms with Crippen molar-refractivity contribution < 1.29 is 76.3 Å². The number of ether oxygens (including phenoxy) is 8. The molecule has 0 saturated heterocycles. The second kappa shape index (κ2) is 31.4. The molecule has 0 N–H and O–H groups in total. The zero-order valence-corrected chi connectivity index (χ0v) is 63.8. The molecule has 10 unspecified atom stereocenters. The van der Waals surface area contributed by atoms with Crippen LogP contribution in [0.5, 0.6) is 0 Å². The highest BCUT2D eigenvalue weighted by atomic mass is 16.6. The molecule has 0 amide bonds. The van der Waals surface area contributed by atoms with Crippen molar-refractivity contribution in [2.45, 2.75) is 327 Å². The highest BCUT2D eigenvalue weighted by Crippen LogP contribution is 2.67. The number of hydrogen-bond donors (Lipinski definition) is 0. The molecule has 16 bridgehead atoms. The maximum absolute atomic E-state index is 12.4. The van der Waals surface area contributed by atoms with Crippen molar-refractivity contribution in [2.24, 2.45) is 115 Å². The van der Waals surface area contributed by atoms with Gasteiger partial charge in [0.05, 0.1) is 48.7 Å². The Hall–Kier alpha value is -4.24. The monoisotopic (exact) mass is 1370 g/mol. The average molecular weight is 1370 g/mol. The van der Waals surface area contributed by atoms with Crippen LogP contribution in [0.3, 0.4) is 0 Å². The Morgan fingerprint density at radius 1 is 0.367 bits per heavy atom. The van der Waals surface area contributed by atoms with E-state index in [0.717, 1.165) is 49.4 Å². The molecule has 16 aliphatic carbocycles. The van der Waals surface area contributed by atoms with Gasteiger partial charge in [0.15, 0.2) is 0 Å². The Bertz CT molecular complexity index is 2750. The molecule has 556 valence electrons. The smallest absolute Gasteiger partial charge is 0.311 e. The topological polar surface area (TPSA) is 210 Å². The van der Waals surface area contributed by atoms with Gasteiger partial charge in [0.2, 0.25) is 0 Å². The summed E-state index contributed by atoms with van der Waals surface area (Å²) in [5.74, 6) is 6.02. The summed E-state index contributed by atoms with van der Waals surface area (Å²) in [5.41, 5.74) is 0.361. The fourth-order valence-corrected chi connectivity index (χ4v) is 22.2. The van der Waals surface area contributed by atoms with Crippen LogP contribution in [0.1, 0.15) is 303 Å². The van der Waals surface area contributed by atoms with E-state index in [9.17, 15) is 38.4 Å². The normalized spacial score (nSPS) is 38.7. The quantitative estimate of drug-likeness (QED) is 0.0448. The Morgan fingerprint density at radius 3 is 0.959 bits per heavy atom. The second-order valence-electron chi connectivity index (χ2n) is 37.5. The summed E-state index contributed by atoms with van der Waals surface area (Å²) in [4.78, 5) is 96.3. The first kappa shape index (κ1) is 77.9. The molecule has 16 aliphatic rings. The molecule has 0 aliphatic heterocycles. The highest BCUT2D eigenvalue weighted by molar-refractivity contribution is 5.77. The predicted molar refractivity (Wildman–Crippen MR) is 374 cm³/mol. The Labute approximate surface area is 589 Å². The van der Waals surface area contributed by atoms with E-state index in [1.54, 1.807) is 0 Å². The fraction of sp³-hybridized carbons (Fsp3) is 0.902. The third kappa shape index (κ3) is 18.6. The van der Waals surface area contributed by atoms with E-state index in [1.165, 1.54) is 128 Å². The maximum atomic E-state index is 12.4. The molecular formula is C82H132O16. The van der Waals surface area contributed by atoms with E-state index in [-0.39, 0.29) is 109 Å². The first-order valence-corrected chi connectivity index (χ1v) is 39.5. The van der Waals surface area contributed by atoms with Crippen molar-refractivity contribution in [3.8, 4) is 0 Å². The Balaban J connectivity index is 0.000000153. The van der Waals surface area contributed by atoms with E-state index in [2.05, 4.69) is 41.5 Å². The van der Waals surface area contributed by atoms with Crippen molar-refractivity contribution in [1.82, 2.24) is 0 Å². The average Bonchev–Trinajstić information content (AvgIpc) is 0.727. The molecule has 16 heteroatoms. The van der Waals surface area contributed by atoms with Gasteiger partial charge < -0.3 is 37.9 Å². The van der Waals surface area contributed by atoms with Gasteiger partial charge in [-0.15, -0.1) is 0 Å². The molecule has 16 saturated carbocycles. The molecule has 0 aromatic heterocycles. The van der Waals surface area contributed by atoms with Gasteiger partial charge in [-0.05, 0) is 301 Å². The van der Waals surface area contributed by atoms with E-state index in [1.807, 2.05) is 69.2 Å². The van der Waals surface area contributed by atoms with Crippen LogP contribution in [0, 0.1) is 115 Å². The number of carbonyl (C=O) groups excluding carboxylic acids is 8. The molecule has 0 aromatic rings. The van der Waals surface area contributed by atoms with Crippen molar-refractivity contribution in [3.05, 3.63) is 0 Å². The zero-order valence-electron chi connectivity index (χ0n) is 63.8. The molecule has 16 nitrogen and oxygen atoms in total. The van der Waals surface area contributed by atoms with Gasteiger partial charge in [-0.25, -0.2) is 0 Å². The predicted octanol–water partition coefficient (Wildman–Crippen LogP) is 17.2. The lowest BCUT2D eigenvalue weighted by atomic mass is 9.45. The first-order chi connectivity index (χ1) is 46.0. The summed E-state index contributed by atoms with van der Waals surface area (Å²) >= 11 is 0. The molecule has 16 fully saturated rings. The summed E-state index contributed by atoms with van der Waals surface area (Å²) in [7, 11) is 0. The number of carbonyl (C=O) groups is 8. The lowest BCUT2D eigenvalue weighted by Crippen LogP contribution is -2.60. The molecule has 16 rings (SSSR count). The van der Waals surface area contributed by atoms with Crippen molar-refractivity contribution in [1.29, 1.82) is 0 Å². The van der Waals surface area contributed by atoms with Gasteiger partial charge in [0.1, 0.15) is 36.6 Å². The second-order valence-corrected chi connectivity index (χ2v) is 37.5. The summed E-state index contributed by atoms with van der Waals surface area (Å²) in [5, 5.41) is 0. The minimum absolute atomic E-state index is 0.0636. The minimum atomic E-state index is -0.493. The van der Waals surface area contributed by atoms with Crippen molar-refractivity contribution in [2.75, 3.05) is 26.4 Å². The van der Waals surface area contributed by atoms with Gasteiger partial charge in [-0.2, -0.15) is 0 Å². The van der Waals surface area contributed by atoms with Crippen molar-refractivity contribution >= 4 is 47.8 Å². The SMILES string of the molecule is CCC(C)(C)C(=O)OCCC(=O)OC1(C)C2CC3CC1CC(C)(C3)C2.CCC(C)(C)C(=O)OCCCC(=O)OC1C2CC3CC1CC(C)(C3)C2.CCC(C)C(=O)OCCC(=O)OC1(C)C2CC3CC1CC(C)(C3)C2.CCC(C)C(=O)OCCCC(=O)OC1C2CC3CC1CC(C)(C3)C2. The maximum Gasteiger partial charge on any atom is 0.311 e. The van der Waals surface area contributed by atoms with E-state index in [4.69, 9.17) is 37.9 Å². The molecule has 0 heterocycles. The van der Waals surface area contributed by atoms with Gasteiger partial charge in [-0.3, -0.25) is 38.4 Å². The molecule has 0 spiro atoms. The summed E-state index contributed by atoms with van der Waals surface area (Å²) < 4.78 is 44.7. The lowest BCUT2D eigenvalue weighted by molar-refractivity contribution is -0.217. The van der Waals surface area contributed by atoms with Gasteiger partial charge in [0.25, 0.3) is 0 Å². The fourth-order valence-electron chi connectivity index (χ4n) is 22.2. The number of hydrogen-bond acceptors (Lipinski definition) is 16. The van der Waals surface area contributed by atoms with Crippen LogP contribution in [0.2, 0.25) is 0 Å². The largest absolute Gasteiger partial charge is 0.465 e. The zero-order chi connectivity index (χ0) is 71.6. The summed E-state index contributed by atoms with van der Waals surface area (Å²) in [6, 6.07) is 0. The van der Waals surface area contributed by atoms with Crippen LogP contribution in [0.15, 0.2) is 0 Å². The van der Waals surface area contributed by atoms with Crippen molar-refractivity contribution in [3.63, 3.8) is 0 Å². The number of esters is 8. The molecule has 10 atom stereocenters. The number of rotatable bonds is 26. The van der Waals surface area contributed by atoms with Gasteiger partial charge in [-0.1, -0.05) is 69.2 Å². The molecule has 0 aromatic carbocycles. The van der Waals surface area contributed by atoms with E-state index < -0.39 is 10.8 Å². The third-order valence-electron chi connectivity index (χ3n) is 27.9. The van der Waals surface area contributed by atoms with Crippen LogP contribution in [0.25, 0.3) is 0 Å². The molecule has 0 radical (unpaired) electrons. The standard InChI is InChI=1S/2C21H34O4.2C20H32O4/c1-6-19(2,3)18(23)24-8-7-17(22)25-21(5)15-9-14-10-16(21)13-20(4,11-14)12-15;1-5-20(2,3)19(23)24-8-6-7-17(22)25-18-15-9-14-10-16(18)13-21(4,11-14)12-15;1-5-13(2)18(22)23-7-6-17(21)24-20(4)15-8-14-9-16(20)12-19(3,10-14)11-15;1-4-13(2)19(22)23-7-5-6-17(21)24-18-15-8-14-9-16(18)12-20(3,10-14)11-15/h14-16H,6-13H2,1-5H3;14-16,18H,5-13H2,1-4H3;13-16H,5-12H2,1-4H3;13-16,18H,4-12H2,1-3H3. The first-order valence-electron chi connectivity index (χ1n) is 39.5. The molecule has 98 heavy (non-hydrogen) atoms. The Morgan fingerprint density at radius 2 is 0.653 bits per heavy atom. The Kier molecular flexibility index (Phi) is 24.9. The summed E-state index contributed by atoms with van der Waals surface area (Å²) in [6.45, 7) is 33.9. The summed E-state index contributed by atoms with van der Waals surface area (Å²) in [6.07, 6.45) is 30.3. The third-order valence-corrected chi connectivity index (χ3v) is 27.9. The van der Waals surface area contributed by atoms with Gasteiger partial charge >= 0.3 is 47.8 Å². The van der Waals surface area contributed by atoms with E-state index in [0.29, 0.717) is 108 Å². The van der Waals surface area contributed by atoms with Crippen LogP contribution < -0.4 is 0 Å². The van der Waals surface area contributed by atoms with Crippen LogP contribution >= 0.6 is 0 Å². The van der Waals surface area contributed by atoms with Crippen LogP contribution in [0.4, 0.5) is 0 Å². The van der Waals surface area contributed by atoms with Gasteiger partial charge in [0, 0.05) is 12.8 Å². The van der Waals surface area contributed by atoms with Crippen LogP contribution in [-0.4, -0.2) is 97.6 Å². The highest BCUT2D eigenvalue weighted by Gasteiger charge is 2.63. The molecular weight excluding hydrogens is 1240 g/mol. The minimum Gasteiger partial charge on any atom is -0.465 e. The van der Waals surface area contributed by atoms with E-state index >= 15 is 0 Å².